The molecule has 0 unspecified atom stereocenters. The maximum atomic E-state index is 12.4. The molecule has 2 nitrogen and oxygen atoms in total. The Hall–Kier alpha value is -2.74. The Morgan fingerprint density at radius 2 is 1.82 bits per heavy atom. The molecule has 0 atom stereocenters. The van der Waals surface area contributed by atoms with E-state index in [0.717, 1.165) is 16.7 Å². The van der Waals surface area contributed by atoms with E-state index in [2.05, 4.69) is 13.2 Å². The fourth-order valence-corrected chi connectivity index (χ4v) is 2.34. The van der Waals surface area contributed by atoms with Gasteiger partial charge in [-0.25, -0.2) is 0 Å². The van der Waals surface area contributed by atoms with Gasteiger partial charge in [0.2, 0.25) is 0 Å². The molecular formula is C20H18O2. The van der Waals surface area contributed by atoms with E-state index in [-0.39, 0.29) is 11.6 Å². The number of carbonyl (C=O) groups is 2. The van der Waals surface area contributed by atoms with Crippen LogP contribution in [-0.4, -0.2) is 11.6 Å². The molecule has 0 radical (unpaired) electrons. The van der Waals surface area contributed by atoms with Crippen molar-refractivity contribution in [3.8, 4) is 0 Å². The van der Waals surface area contributed by atoms with Gasteiger partial charge < -0.3 is 0 Å². The van der Waals surface area contributed by atoms with E-state index in [1.165, 1.54) is 6.92 Å². The third kappa shape index (κ3) is 3.47. The zero-order chi connectivity index (χ0) is 16.1. The average Bonchev–Trinajstić information content (AvgIpc) is 2.54. The molecule has 0 bridgehead atoms. The van der Waals surface area contributed by atoms with Crippen molar-refractivity contribution in [3.05, 3.63) is 83.4 Å². The maximum Gasteiger partial charge on any atom is 0.167 e. The molecule has 2 rings (SSSR count). The van der Waals surface area contributed by atoms with E-state index in [0.29, 0.717) is 17.5 Å². The van der Waals surface area contributed by atoms with Crippen molar-refractivity contribution in [2.75, 3.05) is 0 Å². The van der Waals surface area contributed by atoms with Crippen LogP contribution in [0, 0.1) is 0 Å². The van der Waals surface area contributed by atoms with E-state index in [1.807, 2.05) is 30.3 Å². The number of carbonyl (C=O) groups excluding carboxylic acids is 2. The molecule has 22 heavy (non-hydrogen) atoms. The summed E-state index contributed by atoms with van der Waals surface area (Å²) in [7, 11) is 0. The minimum Gasteiger partial charge on any atom is -0.294 e. The summed E-state index contributed by atoms with van der Waals surface area (Å²) in [5.41, 5.74) is 3.84. The van der Waals surface area contributed by atoms with Crippen molar-refractivity contribution in [3.63, 3.8) is 0 Å². The molecule has 0 aliphatic rings. The van der Waals surface area contributed by atoms with Gasteiger partial charge in [0.25, 0.3) is 0 Å². The van der Waals surface area contributed by atoms with E-state index < -0.39 is 0 Å². The molecule has 0 spiro atoms. The second-order valence-corrected chi connectivity index (χ2v) is 5.11. The second-order valence-electron chi connectivity index (χ2n) is 5.11. The SMILES string of the molecule is C=Cc1cccc(C(=O)Cc2ccc(C(C)=O)c(C=C)c2)c1. The lowest BCUT2D eigenvalue weighted by molar-refractivity contribution is 0.0991. The molecule has 0 N–H and O–H groups in total. The molecule has 0 fully saturated rings. The number of benzene rings is 2. The smallest absolute Gasteiger partial charge is 0.167 e. The molecule has 2 aromatic rings. The van der Waals surface area contributed by atoms with Gasteiger partial charge in [0, 0.05) is 17.5 Å². The van der Waals surface area contributed by atoms with Gasteiger partial charge >= 0.3 is 0 Å². The van der Waals surface area contributed by atoms with Gasteiger partial charge in [-0.15, -0.1) is 0 Å². The first-order valence-corrected chi connectivity index (χ1v) is 7.07. The summed E-state index contributed by atoms with van der Waals surface area (Å²) in [5, 5.41) is 0. The summed E-state index contributed by atoms with van der Waals surface area (Å²) in [4.78, 5) is 23.9. The van der Waals surface area contributed by atoms with Crippen LogP contribution in [0.5, 0.6) is 0 Å². The Morgan fingerprint density at radius 3 is 2.45 bits per heavy atom. The highest BCUT2D eigenvalue weighted by atomic mass is 16.1. The van der Waals surface area contributed by atoms with Crippen molar-refractivity contribution in [2.45, 2.75) is 13.3 Å². The average molecular weight is 290 g/mol. The van der Waals surface area contributed by atoms with Gasteiger partial charge in [-0.1, -0.05) is 61.7 Å². The second kappa shape index (κ2) is 6.81. The van der Waals surface area contributed by atoms with Crippen molar-refractivity contribution < 1.29 is 9.59 Å². The van der Waals surface area contributed by atoms with Gasteiger partial charge in [-0.2, -0.15) is 0 Å². The summed E-state index contributed by atoms with van der Waals surface area (Å²) >= 11 is 0. The predicted octanol–water partition coefficient (Wildman–Crippen LogP) is 4.60. The quantitative estimate of drug-likeness (QED) is 0.729. The van der Waals surface area contributed by atoms with E-state index >= 15 is 0 Å². The van der Waals surface area contributed by atoms with Crippen molar-refractivity contribution >= 4 is 23.7 Å². The number of hydrogen-bond acceptors (Lipinski definition) is 2. The molecule has 0 aliphatic carbocycles. The van der Waals surface area contributed by atoms with Crippen LogP contribution < -0.4 is 0 Å². The Balaban J connectivity index is 2.26. The maximum absolute atomic E-state index is 12.4. The van der Waals surface area contributed by atoms with E-state index in [9.17, 15) is 9.59 Å². The third-order valence-electron chi connectivity index (χ3n) is 3.52. The van der Waals surface area contributed by atoms with Gasteiger partial charge in [0.05, 0.1) is 0 Å². The first kappa shape index (κ1) is 15.6. The summed E-state index contributed by atoms with van der Waals surface area (Å²) in [6.07, 6.45) is 3.65. The molecular weight excluding hydrogens is 272 g/mol. The van der Waals surface area contributed by atoms with Crippen LogP contribution in [0.4, 0.5) is 0 Å². The van der Waals surface area contributed by atoms with Crippen molar-refractivity contribution in [2.24, 2.45) is 0 Å². The normalized spacial score (nSPS) is 10.0. The summed E-state index contributed by atoms with van der Waals surface area (Å²) in [6, 6.07) is 12.8. The van der Waals surface area contributed by atoms with Crippen LogP contribution in [0.2, 0.25) is 0 Å². The van der Waals surface area contributed by atoms with Crippen LogP contribution in [-0.2, 0) is 6.42 Å². The third-order valence-corrected chi connectivity index (χ3v) is 3.52. The fourth-order valence-electron chi connectivity index (χ4n) is 2.34. The lowest BCUT2D eigenvalue weighted by atomic mass is 9.96. The standard InChI is InChI=1S/C20H18O2/c1-4-15-7-6-8-18(11-15)20(22)13-16-9-10-19(14(3)21)17(5-2)12-16/h4-12H,1-2,13H2,3H3. The molecule has 0 aromatic heterocycles. The molecule has 0 saturated carbocycles. The molecule has 0 aliphatic heterocycles. The van der Waals surface area contributed by atoms with Crippen LogP contribution >= 0.6 is 0 Å². The lowest BCUT2D eigenvalue weighted by Gasteiger charge is -2.07. The summed E-state index contributed by atoms with van der Waals surface area (Å²) in [5.74, 6) is 0.0285. The van der Waals surface area contributed by atoms with Crippen molar-refractivity contribution in [1.29, 1.82) is 0 Å². The van der Waals surface area contributed by atoms with Crippen LogP contribution in [0.3, 0.4) is 0 Å². The fraction of sp³-hybridized carbons (Fsp3) is 0.100. The topological polar surface area (TPSA) is 34.1 Å². The van der Waals surface area contributed by atoms with Gasteiger partial charge in [-0.05, 0) is 29.7 Å². The monoisotopic (exact) mass is 290 g/mol. The number of rotatable bonds is 6. The molecule has 110 valence electrons. The van der Waals surface area contributed by atoms with Crippen LogP contribution in [0.25, 0.3) is 12.2 Å². The first-order chi connectivity index (χ1) is 10.5. The largest absolute Gasteiger partial charge is 0.294 e. The zero-order valence-corrected chi connectivity index (χ0v) is 12.6. The lowest BCUT2D eigenvalue weighted by Crippen LogP contribution is -2.05. The minimum atomic E-state index is -0.00791. The Bertz CT molecular complexity index is 754. The molecule has 0 heterocycles. The summed E-state index contributed by atoms with van der Waals surface area (Å²) in [6.45, 7) is 8.96. The number of hydrogen-bond donors (Lipinski definition) is 0. The summed E-state index contributed by atoms with van der Waals surface area (Å²) < 4.78 is 0. The van der Waals surface area contributed by atoms with Gasteiger partial charge in [-0.3, -0.25) is 9.59 Å². The van der Waals surface area contributed by atoms with Gasteiger partial charge in [0.15, 0.2) is 11.6 Å². The van der Waals surface area contributed by atoms with Crippen molar-refractivity contribution in [1.82, 2.24) is 0 Å². The highest BCUT2D eigenvalue weighted by Gasteiger charge is 2.10. The predicted molar refractivity (Wildman–Crippen MR) is 91.1 cm³/mol. The first-order valence-electron chi connectivity index (χ1n) is 7.07. The van der Waals surface area contributed by atoms with E-state index in [1.54, 1.807) is 24.3 Å². The highest BCUT2D eigenvalue weighted by molar-refractivity contribution is 5.99. The van der Waals surface area contributed by atoms with Crippen LogP contribution in [0.1, 0.15) is 44.3 Å². The molecule has 2 heteroatoms. The highest BCUT2D eigenvalue weighted by Crippen LogP contribution is 2.17. The van der Waals surface area contributed by atoms with Crippen LogP contribution in [0.15, 0.2) is 55.6 Å². The Morgan fingerprint density at radius 1 is 1.05 bits per heavy atom. The van der Waals surface area contributed by atoms with E-state index in [4.69, 9.17) is 0 Å². The number of ketones is 2. The Kier molecular flexibility index (Phi) is 4.84. The zero-order valence-electron chi connectivity index (χ0n) is 12.6. The Labute approximate surface area is 130 Å². The van der Waals surface area contributed by atoms with Gasteiger partial charge in [0.1, 0.15) is 0 Å². The minimum absolute atomic E-state index is 0.00791. The molecule has 2 aromatic carbocycles. The molecule has 0 amide bonds. The molecule has 0 saturated heterocycles. The number of Topliss-reactive ketones (excluding diaryl/α,β-unsaturated/α-hetero) is 2.